The molecule has 3 aromatic heterocycles. The summed E-state index contributed by atoms with van der Waals surface area (Å²) in [7, 11) is 0. The molecule has 16 rings (SSSR count). The first-order chi connectivity index (χ1) is 35.2. The monoisotopic (exact) mass is 904 g/mol. The molecular weight excluding hydrogens is 865 g/mol. The Balaban J connectivity index is 0.963. The van der Waals surface area contributed by atoms with Gasteiger partial charge in [0.1, 0.15) is 16.7 Å². The van der Waals surface area contributed by atoms with Crippen LogP contribution in [-0.2, 0) is 5.41 Å². The number of fused-ring (bicyclic) bond motifs is 20. The van der Waals surface area contributed by atoms with Crippen molar-refractivity contribution in [1.82, 2.24) is 4.57 Å². The van der Waals surface area contributed by atoms with E-state index in [9.17, 15) is 0 Å². The first-order valence-corrected chi connectivity index (χ1v) is 24.4. The number of aromatic nitrogens is 1. The van der Waals surface area contributed by atoms with Gasteiger partial charge < -0.3 is 18.3 Å². The predicted octanol–water partition coefficient (Wildman–Crippen LogP) is 18.1. The summed E-state index contributed by atoms with van der Waals surface area (Å²) in [5.74, 6) is 0. The van der Waals surface area contributed by atoms with E-state index < -0.39 is 5.41 Å². The van der Waals surface area contributed by atoms with Crippen LogP contribution in [0.1, 0.15) is 22.3 Å². The molecule has 0 saturated heterocycles. The molecule has 0 radical (unpaired) electrons. The molecule has 330 valence electrons. The zero-order valence-corrected chi connectivity index (χ0v) is 38.3. The Morgan fingerprint density at radius 1 is 0.352 bits per heavy atom. The average Bonchev–Trinajstić information content (AvgIpc) is 4.23. The highest BCUT2D eigenvalue weighted by Crippen LogP contribution is 2.64. The number of furan rings is 2. The second-order valence-electron chi connectivity index (χ2n) is 19.1. The van der Waals surface area contributed by atoms with E-state index in [4.69, 9.17) is 8.83 Å². The summed E-state index contributed by atoms with van der Waals surface area (Å²) in [5, 5.41) is 6.78. The van der Waals surface area contributed by atoms with Crippen molar-refractivity contribution in [3.8, 4) is 39.1 Å². The van der Waals surface area contributed by atoms with Crippen LogP contribution in [0, 0.1) is 0 Å². The molecule has 11 aromatic carbocycles. The van der Waals surface area contributed by atoms with Crippen LogP contribution in [0.2, 0.25) is 0 Å². The normalized spacial score (nSPS) is 13.2. The lowest BCUT2D eigenvalue weighted by molar-refractivity contribution is 0.669. The van der Waals surface area contributed by atoms with Crippen molar-refractivity contribution in [3.05, 3.63) is 265 Å². The molecule has 1 spiro atoms. The number of anilines is 3. The van der Waals surface area contributed by atoms with Crippen LogP contribution >= 0.6 is 0 Å². The largest absolute Gasteiger partial charge is 0.456 e. The highest BCUT2D eigenvalue weighted by molar-refractivity contribution is 6.22. The van der Waals surface area contributed by atoms with E-state index in [2.05, 4.69) is 234 Å². The van der Waals surface area contributed by atoms with Gasteiger partial charge in [0.05, 0.1) is 22.1 Å². The van der Waals surface area contributed by atoms with Gasteiger partial charge >= 0.3 is 0 Å². The van der Waals surface area contributed by atoms with Crippen molar-refractivity contribution in [2.75, 3.05) is 4.90 Å². The van der Waals surface area contributed by atoms with Gasteiger partial charge in [0, 0.05) is 54.9 Å². The second kappa shape index (κ2) is 14.3. The molecule has 0 aliphatic heterocycles. The van der Waals surface area contributed by atoms with Gasteiger partial charge in [-0.05, 0) is 123 Å². The van der Waals surface area contributed by atoms with Gasteiger partial charge in [0.2, 0.25) is 0 Å². The summed E-state index contributed by atoms with van der Waals surface area (Å²) < 4.78 is 15.4. The molecular formula is C67H40N2O2. The van der Waals surface area contributed by atoms with Gasteiger partial charge in [-0.2, -0.15) is 0 Å². The topological polar surface area (TPSA) is 34.5 Å². The minimum Gasteiger partial charge on any atom is -0.456 e. The molecule has 0 fully saturated rings. The molecule has 0 atom stereocenters. The SMILES string of the molecule is c1ccc(-n2c3cc(N(c4ccc(-c5ccc6oc7ccccc7c6c5)cc4)c4cccc5c4-c4ccccc4C54c5ccccc5-c5ccccc54)ccc3c3ccc4c5ccccc5oc4c32)cc1. The van der Waals surface area contributed by atoms with Crippen molar-refractivity contribution in [1.29, 1.82) is 0 Å². The van der Waals surface area contributed by atoms with Crippen LogP contribution in [0.5, 0.6) is 0 Å². The summed E-state index contributed by atoms with van der Waals surface area (Å²) >= 11 is 0. The smallest absolute Gasteiger partial charge is 0.160 e. The molecule has 0 saturated carbocycles. The second-order valence-corrected chi connectivity index (χ2v) is 19.1. The summed E-state index contributed by atoms with van der Waals surface area (Å²) in [5.41, 5.74) is 22.2. The molecule has 0 N–H and O–H groups in total. The summed E-state index contributed by atoms with van der Waals surface area (Å²) in [6.07, 6.45) is 0. The Bertz CT molecular complexity index is 4490. The molecule has 4 nitrogen and oxygen atoms in total. The van der Waals surface area contributed by atoms with Gasteiger partial charge in [0.15, 0.2) is 5.58 Å². The van der Waals surface area contributed by atoms with Crippen LogP contribution in [0.3, 0.4) is 0 Å². The molecule has 3 heterocycles. The van der Waals surface area contributed by atoms with Crippen LogP contribution < -0.4 is 4.90 Å². The standard InChI is InChI=1S/C67H40N2O2/c1-2-15-43(16-3-1)69-60-40-45(34-35-48(60)51-36-37-52-49-19-7-13-28-62(49)71-66(52)65(51)69)68(44-32-29-41(30-33-44)42-31-38-63-54(39-42)50-20-8-12-27-61(50)70-63)59-26-14-25-58-64(59)53-21-6-11-24-57(53)67(58)55-22-9-4-17-46(55)47-18-5-10-23-56(47)67/h1-40H. The third kappa shape index (κ3) is 5.18. The first kappa shape index (κ1) is 38.6. The lowest BCUT2D eigenvalue weighted by Gasteiger charge is -2.32. The van der Waals surface area contributed by atoms with Crippen molar-refractivity contribution in [2.24, 2.45) is 0 Å². The highest BCUT2D eigenvalue weighted by Gasteiger charge is 2.52. The van der Waals surface area contributed by atoms with Crippen LogP contribution in [0.4, 0.5) is 17.1 Å². The molecule has 2 aliphatic carbocycles. The number of nitrogens with zero attached hydrogens (tertiary/aromatic N) is 2. The maximum Gasteiger partial charge on any atom is 0.160 e. The molecule has 0 unspecified atom stereocenters. The van der Waals surface area contributed by atoms with Crippen LogP contribution in [-0.4, -0.2) is 4.57 Å². The zero-order valence-electron chi connectivity index (χ0n) is 38.3. The lowest BCUT2D eigenvalue weighted by Crippen LogP contribution is -2.26. The average molecular weight is 905 g/mol. The number of hydrogen-bond acceptors (Lipinski definition) is 3. The quantitative estimate of drug-likeness (QED) is 0.173. The van der Waals surface area contributed by atoms with E-state index in [-0.39, 0.29) is 0 Å². The fourth-order valence-corrected chi connectivity index (χ4v) is 12.7. The van der Waals surface area contributed by atoms with Gasteiger partial charge in [-0.15, -0.1) is 0 Å². The van der Waals surface area contributed by atoms with E-state index >= 15 is 0 Å². The van der Waals surface area contributed by atoms with Gasteiger partial charge in [0.25, 0.3) is 0 Å². The van der Waals surface area contributed by atoms with E-state index in [1.54, 1.807) is 0 Å². The minimum atomic E-state index is -0.484. The van der Waals surface area contributed by atoms with Crippen LogP contribution in [0.15, 0.2) is 251 Å². The van der Waals surface area contributed by atoms with Crippen molar-refractivity contribution in [3.63, 3.8) is 0 Å². The molecule has 4 heteroatoms. The van der Waals surface area contributed by atoms with Gasteiger partial charge in [-0.25, -0.2) is 0 Å². The van der Waals surface area contributed by atoms with E-state index in [0.29, 0.717) is 0 Å². The number of benzene rings is 11. The van der Waals surface area contributed by atoms with Gasteiger partial charge in [-0.1, -0.05) is 170 Å². The Kier molecular flexibility index (Phi) is 7.79. The van der Waals surface area contributed by atoms with Crippen LogP contribution in [0.25, 0.3) is 105 Å². The Labute approximate surface area is 408 Å². The summed E-state index contributed by atoms with van der Waals surface area (Å²) in [4.78, 5) is 2.49. The third-order valence-electron chi connectivity index (χ3n) is 15.6. The van der Waals surface area contributed by atoms with E-state index in [1.807, 2.05) is 18.2 Å². The molecule has 71 heavy (non-hydrogen) atoms. The van der Waals surface area contributed by atoms with E-state index in [1.165, 1.54) is 44.5 Å². The fraction of sp³-hybridized carbons (Fsp3) is 0.0149. The van der Waals surface area contributed by atoms with E-state index in [0.717, 1.165) is 99.6 Å². The van der Waals surface area contributed by atoms with Gasteiger partial charge in [-0.3, -0.25) is 0 Å². The molecule has 0 bridgehead atoms. The fourth-order valence-electron chi connectivity index (χ4n) is 12.7. The Hall–Kier alpha value is -9.38. The number of rotatable bonds is 5. The maximum atomic E-state index is 6.80. The predicted molar refractivity (Wildman–Crippen MR) is 292 cm³/mol. The van der Waals surface area contributed by atoms with Crippen molar-refractivity contribution in [2.45, 2.75) is 5.41 Å². The number of hydrogen-bond donors (Lipinski definition) is 0. The Morgan fingerprint density at radius 2 is 0.915 bits per heavy atom. The summed E-state index contributed by atoms with van der Waals surface area (Å²) in [6, 6.07) is 88.7. The third-order valence-corrected chi connectivity index (χ3v) is 15.6. The van der Waals surface area contributed by atoms with Crippen molar-refractivity contribution < 1.29 is 8.83 Å². The van der Waals surface area contributed by atoms with Crippen molar-refractivity contribution >= 4 is 82.7 Å². The molecule has 2 aliphatic rings. The molecule has 14 aromatic rings. The maximum absolute atomic E-state index is 6.80. The minimum absolute atomic E-state index is 0.484. The zero-order chi connectivity index (χ0) is 46.4. The Morgan fingerprint density at radius 3 is 1.68 bits per heavy atom. The highest BCUT2D eigenvalue weighted by atomic mass is 16.3. The number of para-hydroxylation sites is 3. The first-order valence-electron chi connectivity index (χ1n) is 24.4. The summed E-state index contributed by atoms with van der Waals surface area (Å²) in [6.45, 7) is 0. The molecule has 0 amide bonds. The lowest BCUT2D eigenvalue weighted by atomic mass is 9.70.